The average Bonchev–Trinajstić information content (AvgIpc) is 2.15. The first-order valence-corrected chi connectivity index (χ1v) is 9.53. The number of fused-ring (bicyclic) bond motifs is 1. The fourth-order valence-electron chi connectivity index (χ4n) is 1.65. The largest absolute Gasteiger partial charge is 0.544 e. The molecule has 1 nitrogen and oxygen atoms in total. The molecule has 0 unspecified atom stereocenters. The third-order valence-electron chi connectivity index (χ3n) is 2.21. The van der Waals surface area contributed by atoms with E-state index in [1.54, 1.807) is 0 Å². The van der Waals surface area contributed by atoms with Gasteiger partial charge in [0.2, 0.25) is 8.32 Å². The zero-order valence-corrected chi connectivity index (χ0v) is 12.3. The van der Waals surface area contributed by atoms with Gasteiger partial charge in [-0.25, -0.2) is 0 Å². The fourth-order valence-corrected chi connectivity index (χ4v) is 3.06. The van der Waals surface area contributed by atoms with Crippen molar-refractivity contribution in [3.63, 3.8) is 0 Å². The van der Waals surface area contributed by atoms with Gasteiger partial charge in [-0.3, -0.25) is 0 Å². The van der Waals surface area contributed by atoms with Gasteiger partial charge >= 0.3 is 0 Å². The molecular formula is C13H15BrOSi. The van der Waals surface area contributed by atoms with Gasteiger partial charge in [-0.2, -0.15) is 0 Å². The molecule has 0 saturated carbocycles. The van der Waals surface area contributed by atoms with E-state index in [4.69, 9.17) is 4.43 Å². The minimum atomic E-state index is -1.53. The second-order valence-corrected chi connectivity index (χ2v) is 10.1. The molecule has 0 aromatic heterocycles. The van der Waals surface area contributed by atoms with Crippen LogP contribution in [0.2, 0.25) is 19.6 Å². The van der Waals surface area contributed by atoms with Crippen LogP contribution in [0.25, 0.3) is 10.8 Å². The molecule has 2 aromatic carbocycles. The van der Waals surface area contributed by atoms with Crippen molar-refractivity contribution in [3.8, 4) is 5.75 Å². The molecule has 2 rings (SSSR count). The molecule has 0 aliphatic rings. The number of benzene rings is 2. The minimum absolute atomic E-state index is 0.963. The standard InChI is InChI=1S/C13H15BrOSi/c1-16(2,3)15-11-8-10-6-4-5-7-12(10)13(14)9-11/h4-9H,1-3H3. The molecular weight excluding hydrogens is 280 g/mol. The van der Waals surface area contributed by atoms with Crippen LogP contribution in [0.4, 0.5) is 0 Å². The Labute approximate surface area is 106 Å². The maximum atomic E-state index is 6.00. The molecule has 0 heterocycles. The van der Waals surface area contributed by atoms with Crippen molar-refractivity contribution in [1.82, 2.24) is 0 Å². The van der Waals surface area contributed by atoms with E-state index in [1.807, 2.05) is 12.1 Å². The van der Waals surface area contributed by atoms with Gasteiger partial charge in [0.15, 0.2) is 0 Å². The average molecular weight is 295 g/mol. The van der Waals surface area contributed by atoms with E-state index in [0.29, 0.717) is 0 Å². The third kappa shape index (κ3) is 2.65. The molecule has 0 atom stereocenters. The molecule has 16 heavy (non-hydrogen) atoms. The van der Waals surface area contributed by atoms with Crippen molar-refractivity contribution in [3.05, 3.63) is 40.9 Å². The molecule has 0 radical (unpaired) electrons. The Balaban J connectivity index is 2.50. The molecule has 0 aliphatic heterocycles. The number of hydrogen-bond acceptors (Lipinski definition) is 1. The van der Waals surface area contributed by atoms with Gasteiger partial charge in [0.25, 0.3) is 0 Å². The van der Waals surface area contributed by atoms with Crippen LogP contribution in [0.3, 0.4) is 0 Å². The zero-order valence-electron chi connectivity index (χ0n) is 9.75. The van der Waals surface area contributed by atoms with Crippen LogP contribution in [0.1, 0.15) is 0 Å². The number of hydrogen-bond donors (Lipinski definition) is 0. The summed E-state index contributed by atoms with van der Waals surface area (Å²) in [5, 5.41) is 2.44. The second-order valence-electron chi connectivity index (χ2n) is 4.84. The lowest BCUT2D eigenvalue weighted by Gasteiger charge is -2.19. The maximum Gasteiger partial charge on any atom is 0.242 e. The summed E-state index contributed by atoms with van der Waals surface area (Å²) in [5.74, 6) is 0.963. The Morgan fingerprint density at radius 2 is 1.75 bits per heavy atom. The first-order chi connectivity index (χ1) is 7.46. The van der Waals surface area contributed by atoms with Crippen LogP contribution in [0.15, 0.2) is 40.9 Å². The Hall–Kier alpha value is -0.803. The van der Waals surface area contributed by atoms with Gasteiger partial charge < -0.3 is 4.43 Å². The first kappa shape index (κ1) is 11.7. The van der Waals surface area contributed by atoms with Crippen molar-refractivity contribution in [1.29, 1.82) is 0 Å². The molecule has 0 amide bonds. The Bertz CT molecular complexity index is 517. The summed E-state index contributed by atoms with van der Waals surface area (Å²) in [6.07, 6.45) is 0. The molecule has 0 spiro atoms. The van der Waals surface area contributed by atoms with Crippen molar-refractivity contribution in [2.45, 2.75) is 19.6 Å². The van der Waals surface area contributed by atoms with Crippen LogP contribution in [0.5, 0.6) is 5.75 Å². The van der Waals surface area contributed by atoms with Gasteiger partial charge in [0.05, 0.1) is 0 Å². The summed E-state index contributed by atoms with van der Waals surface area (Å²) in [7, 11) is -1.53. The lowest BCUT2D eigenvalue weighted by atomic mass is 10.1. The lowest BCUT2D eigenvalue weighted by Crippen LogP contribution is -2.29. The van der Waals surface area contributed by atoms with E-state index in [1.165, 1.54) is 10.8 Å². The summed E-state index contributed by atoms with van der Waals surface area (Å²) < 4.78 is 7.10. The highest BCUT2D eigenvalue weighted by Gasteiger charge is 2.16. The van der Waals surface area contributed by atoms with Crippen molar-refractivity contribution < 1.29 is 4.43 Å². The molecule has 0 N–H and O–H groups in total. The van der Waals surface area contributed by atoms with Crippen molar-refractivity contribution in [2.75, 3.05) is 0 Å². The third-order valence-corrected chi connectivity index (χ3v) is 3.71. The monoisotopic (exact) mass is 294 g/mol. The highest BCUT2D eigenvalue weighted by molar-refractivity contribution is 9.10. The molecule has 84 valence electrons. The van der Waals surface area contributed by atoms with Gasteiger partial charge in [-0.05, 0) is 42.5 Å². The zero-order chi connectivity index (χ0) is 11.8. The van der Waals surface area contributed by atoms with Crippen LogP contribution < -0.4 is 4.43 Å². The molecule has 2 aromatic rings. The summed E-state index contributed by atoms with van der Waals surface area (Å²) in [6, 6.07) is 12.5. The van der Waals surface area contributed by atoms with Crippen molar-refractivity contribution in [2.24, 2.45) is 0 Å². The Morgan fingerprint density at radius 1 is 1.06 bits per heavy atom. The summed E-state index contributed by atoms with van der Waals surface area (Å²) in [6.45, 7) is 6.57. The highest BCUT2D eigenvalue weighted by Crippen LogP contribution is 2.30. The maximum absolute atomic E-state index is 6.00. The molecule has 0 aliphatic carbocycles. The van der Waals surface area contributed by atoms with E-state index in [0.717, 1.165) is 10.2 Å². The lowest BCUT2D eigenvalue weighted by molar-refractivity contribution is 0.558. The van der Waals surface area contributed by atoms with E-state index >= 15 is 0 Å². The Kier molecular flexibility index (Phi) is 3.08. The second kappa shape index (κ2) is 4.22. The van der Waals surface area contributed by atoms with Gasteiger partial charge in [0.1, 0.15) is 5.75 Å². The Morgan fingerprint density at radius 3 is 2.44 bits per heavy atom. The van der Waals surface area contributed by atoms with Crippen molar-refractivity contribution >= 4 is 35.0 Å². The highest BCUT2D eigenvalue weighted by atomic mass is 79.9. The number of rotatable bonds is 2. The summed E-state index contributed by atoms with van der Waals surface area (Å²) >= 11 is 3.59. The summed E-state index contributed by atoms with van der Waals surface area (Å²) in [4.78, 5) is 0. The van der Waals surface area contributed by atoms with E-state index in [9.17, 15) is 0 Å². The molecule has 0 fully saturated rings. The predicted octanol–water partition coefficient (Wildman–Crippen LogP) is 4.82. The molecule has 0 bridgehead atoms. The van der Waals surface area contributed by atoms with E-state index in [-0.39, 0.29) is 0 Å². The van der Waals surface area contributed by atoms with Gasteiger partial charge in [-0.1, -0.05) is 40.2 Å². The van der Waals surface area contributed by atoms with Crippen LogP contribution in [0, 0.1) is 0 Å². The summed E-state index contributed by atoms with van der Waals surface area (Å²) in [5.41, 5.74) is 0. The van der Waals surface area contributed by atoms with Crippen LogP contribution in [-0.4, -0.2) is 8.32 Å². The van der Waals surface area contributed by atoms with Gasteiger partial charge in [-0.15, -0.1) is 0 Å². The molecule has 3 heteroatoms. The minimum Gasteiger partial charge on any atom is -0.544 e. The normalized spacial score (nSPS) is 11.8. The quantitative estimate of drug-likeness (QED) is 0.722. The van der Waals surface area contributed by atoms with E-state index in [2.05, 4.69) is 59.8 Å². The van der Waals surface area contributed by atoms with E-state index < -0.39 is 8.32 Å². The van der Waals surface area contributed by atoms with Gasteiger partial charge in [0, 0.05) is 4.47 Å². The fraction of sp³-hybridized carbons (Fsp3) is 0.231. The molecule has 0 saturated heterocycles. The smallest absolute Gasteiger partial charge is 0.242 e. The first-order valence-electron chi connectivity index (χ1n) is 5.33. The SMILES string of the molecule is C[Si](C)(C)Oc1cc(Br)c2ccccc2c1. The van der Waals surface area contributed by atoms with Crippen LogP contribution in [-0.2, 0) is 0 Å². The van der Waals surface area contributed by atoms with Crippen LogP contribution >= 0.6 is 15.9 Å². The number of halogens is 1. The predicted molar refractivity (Wildman–Crippen MR) is 75.6 cm³/mol. The topological polar surface area (TPSA) is 9.23 Å².